The third kappa shape index (κ3) is 3.16. The number of aromatic nitrogens is 2. The van der Waals surface area contributed by atoms with Gasteiger partial charge in [-0.15, -0.1) is 0 Å². The van der Waals surface area contributed by atoms with E-state index in [9.17, 15) is 14.7 Å². The first kappa shape index (κ1) is 16.9. The van der Waals surface area contributed by atoms with E-state index < -0.39 is 11.2 Å². The maximum absolute atomic E-state index is 12.2. The first-order valence-electron chi connectivity index (χ1n) is 7.72. The fourth-order valence-corrected chi connectivity index (χ4v) is 2.68. The van der Waals surface area contributed by atoms with Crippen molar-refractivity contribution in [2.24, 2.45) is 14.1 Å². The minimum absolute atomic E-state index is 0.227. The topological polar surface area (TPSA) is 67.5 Å². The van der Waals surface area contributed by atoms with Crippen molar-refractivity contribution in [3.8, 4) is 5.88 Å². The van der Waals surface area contributed by atoms with Crippen molar-refractivity contribution in [2.75, 3.05) is 18.0 Å². The molecule has 6 heteroatoms. The van der Waals surface area contributed by atoms with E-state index in [1.54, 1.807) is 0 Å². The second-order valence-electron chi connectivity index (χ2n) is 5.52. The van der Waals surface area contributed by atoms with Crippen LogP contribution in [0.15, 0.2) is 33.9 Å². The lowest BCUT2D eigenvalue weighted by Gasteiger charge is -2.21. The molecule has 23 heavy (non-hydrogen) atoms. The second kappa shape index (κ2) is 6.73. The lowest BCUT2D eigenvalue weighted by Crippen LogP contribution is -2.38. The van der Waals surface area contributed by atoms with Gasteiger partial charge in [0.15, 0.2) is 0 Å². The van der Waals surface area contributed by atoms with Crippen LogP contribution in [0.3, 0.4) is 0 Å². The highest BCUT2D eigenvalue weighted by Crippen LogP contribution is 2.18. The van der Waals surface area contributed by atoms with Gasteiger partial charge in [-0.1, -0.05) is 12.1 Å². The van der Waals surface area contributed by atoms with E-state index >= 15 is 0 Å². The zero-order chi connectivity index (χ0) is 17.1. The Labute approximate surface area is 135 Å². The summed E-state index contributed by atoms with van der Waals surface area (Å²) in [5, 5.41) is 10.1. The minimum atomic E-state index is -0.534. The van der Waals surface area contributed by atoms with Crippen molar-refractivity contribution in [1.29, 1.82) is 0 Å². The number of anilines is 1. The lowest BCUT2D eigenvalue weighted by molar-refractivity contribution is 0.404. The Kier molecular flexibility index (Phi) is 4.93. The molecule has 0 fully saturated rings. The molecule has 0 saturated heterocycles. The van der Waals surface area contributed by atoms with Crippen LogP contribution in [0.1, 0.15) is 25.0 Å². The number of rotatable bonds is 5. The fraction of sp³-hybridized carbons (Fsp3) is 0.412. The highest BCUT2D eigenvalue weighted by Gasteiger charge is 2.15. The summed E-state index contributed by atoms with van der Waals surface area (Å²) >= 11 is 0. The molecule has 1 heterocycles. The molecular weight excluding hydrogens is 294 g/mol. The highest BCUT2D eigenvalue weighted by atomic mass is 16.3. The first-order chi connectivity index (χ1) is 10.9. The summed E-state index contributed by atoms with van der Waals surface area (Å²) < 4.78 is 2.10. The van der Waals surface area contributed by atoms with Crippen LogP contribution in [0.2, 0.25) is 0 Å². The molecule has 0 bridgehead atoms. The van der Waals surface area contributed by atoms with E-state index in [2.05, 4.69) is 18.7 Å². The Morgan fingerprint density at radius 1 is 1.00 bits per heavy atom. The predicted octanol–water partition coefficient (Wildman–Crippen LogP) is 1.23. The summed E-state index contributed by atoms with van der Waals surface area (Å²) in [7, 11) is 2.86. The maximum atomic E-state index is 12.2. The van der Waals surface area contributed by atoms with Gasteiger partial charge in [-0.25, -0.2) is 4.79 Å². The Morgan fingerprint density at radius 2 is 1.57 bits per heavy atom. The van der Waals surface area contributed by atoms with E-state index in [4.69, 9.17) is 0 Å². The number of aromatic hydroxyl groups is 1. The van der Waals surface area contributed by atoms with Gasteiger partial charge in [0.25, 0.3) is 5.56 Å². The average molecular weight is 317 g/mol. The van der Waals surface area contributed by atoms with E-state index in [0.29, 0.717) is 0 Å². The van der Waals surface area contributed by atoms with Crippen LogP contribution in [0.5, 0.6) is 5.88 Å². The minimum Gasteiger partial charge on any atom is -0.494 e. The molecule has 1 N–H and O–H groups in total. The first-order valence-corrected chi connectivity index (χ1v) is 7.72. The Balaban J connectivity index is 2.37. The fourth-order valence-electron chi connectivity index (χ4n) is 2.68. The van der Waals surface area contributed by atoms with Crippen molar-refractivity contribution >= 4 is 5.69 Å². The van der Waals surface area contributed by atoms with Crippen LogP contribution in [-0.2, 0) is 20.5 Å². The molecule has 0 radical (unpaired) electrons. The van der Waals surface area contributed by atoms with E-state index in [0.717, 1.165) is 33.5 Å². The zero-order valence-electron chi connectivity index (χ0n) is 14.0. The Morgan fingerprint density at radius 3 is 2.09 bits per heavy atom. The maximum Gasteiger partial charge on any atom is 0.333 e. The van der Waals surface area contributed by atoms with Crippen LogP contribution in [0.4, 0.5) is 5.69 Å². The van der Waals surface area contributed by atoms with Crippen molar-refractivity contribution in [1.82, 2.24) is 9.13 Å². The van der Waals surface area contributed by atoms with Crippen LogP contribution < -0.4 is 16.1 Å². The molecule has 2 rings (SSSR count). The van der Waals surface area contributed by atoms with Crippen molar-refractivity contribution in [3.63, 3.8) is 0 Å². The van der Waals surface area contributed by atoms with Gasteiger partial charge >= 0.3 is 5.69 Å². The van der Waals surface area contributed by atoms with Crippen LogP contribution >= 0.6 is 0 Å². The highest BCUT2D eigenvalue weighted by molar-refractivity contribution is 5.48. The van der Waals surface area contributed by atoms with Gasteiger partial charge in [-0.05, 0) is 31.5 Å². The van der Waals surface area contributed by atoms with Gasteiger partial charge in [0.1, 0.15) is 0 Å². The third-order valence-electron chi connectivity index (χ3n) is 4.17. The zero-order valence-corrected chi connectivity index (χ0v) is 14.0. The standard InChI is InChI=1S/C17H23N3O3/c1-5-20(6-2)13-9-7-12(8-10-13)11-14-15(21)18(3)17(23)19(4)16(14)22/h7-10,21H,5-6,11H2,1-4H3. The van der Waals surface area contributed by atoms with Crippen LogP contribution in [-0.4, -0.2) is 27.3 Å². The molecule has 0 aliphatic heterocycles. The van der Waals surface area contributed by atoms with E-state index in [1.807, 2.05) is 24.3 Å². The lowest BCUT2D eigenvalue weighted by atomic mass is 10.1. The third-order valence-corrected chi connectivity index (χ3v) is 4.17. The number of hydrogen-bond acceptors (Lipinski definition) is 4. The monoisotopic (exact) mass is 317 g/mol. The van der Waals surface area contributed by atoms with Gasteiger partial charge in [-0.3, -0.25) is 13.9 Å². The van der Waals surface area contributed by atoms with Gasteiger partial charge in [0.05, 0.1) is 5.56 Å². The second-order valence-corrected chi connectivity index (χ2v) is 5.52. The predicted molar refractivity (Wildman–Crippen MR) is 91.4 cm³/mol. The van der Waals surface area contributed by atoms with Crippen LogP contribution in [0.25, 0.3) is 0 Å². The van der Waals surface area contributed by atoms with E-state index in [1.165, 1.54) is 14.1 Å². The van der Waals surface area contributed by atoms with Gasteiger partial charge in [0.2, 0.25) is 5.88 Å². The van der Waals surface area contributed by atoms with Gasteiger partial charge in [-0.2, -0.15) is 0 Å². The summed E-state index contributed by atoms with van der Waals surface area (Å²) in [6, 6.07) is 7.90. The van der Waals surface area contributed by atoms with Crippen molar-refractivity contribution in [3.05, 3.63) is 56.2 Å². The normalized spacial score (nSPS) is 10.8. The molecule has 0 atom stereocenters. The summed E-state index contributed by atoms with van der Waals surface area (Å²) in [5.74, 6) is -0.272. The molecule has 6 nitrogen and oxygen atoms in total. The van der Waals surface area contributed by atoms with E-state index in [-0.39, 0.29) is 17.9 Å². The molecule has 2 aromatic rings. The number of nitrogens with zero attached hydrogens (tertiary/aromatic N) is 3. The molecular formula is C17H23N3O3. The van der Waals surface area contributed by atoms with Crippen molar-refractivity contribution in [2.45, 2.75) is 20.3 Å². The largest absolute Gasteiger partial charge is 0.494 e. The Bertz CT molecular complexity index is 800. The summed E-state index contributed by atoms with van der Waals surface area (Å²) in [6.45, 7) is 6.06. The summed E-state index contributed by atoms with van der Waals surface area (Å²) in [5.41, 5.74) is 1.26. The van der Waals surface area contributed by atoms with Crippen molar-refractivity contribution < 1.29 is 5.11 Å². The molecule has 0 aliphatic rings. The number of benzene rings is 1. The molecule has 0 aliphatic carbocycles. The smallest absolute Gasteiger partial charge is 0.333 e. The number of hydrogen-bond donors (Lipinski definition) is 1. The summed E-state index contributed by atoms with van der Waals surface area (Å²) in [4.78, 5) is 26.2. The Hall–Kier alpha value is -2.50. The van der Waals surface area contributed by atoms with Gasteiger partial charge in [0, 0.05) is 39.3 Å². The molecule has 0 spiro atoms. The molecule has 124 valence electrons. The average Bonchev–Trinajstić information content (AvgIpc) is 2.57. The molecule has 0 unspecified atom stereocenters. The molecule has 0 amide bonds. The molecule has 1 aromatic heterocycles. The quantitative estimate of drug-likeness (QED) is 0.900. The molecule has 0 saturated carbocycles. The van der Waals surface area contributed by atoms with Gasteiger partial charge < -0.3 is 10.0 Å². The SMILES string of the molecule is CCN(CC)c1ccc(Cc2c(O)n(C)c(=O)n(C)c2=O)cc1. The summed E-state index contributed by atoms with van der Waals surface area (Å²) in [6.07, 6.45) is 0.283. The molecule has 1 aromatic carbocycles. The van der Waals surface area contributed by atoms with Crippen LogP contribution in [0, 0.1) is 0 Å².